The van der Waals surface area contributed by atoms with Crippen molar-refractivity contribution in [2.75, 3.05) is 0 Å². The fraction of sp³-hybridized carbons (Fsp3) is 0.154. The molecule has 0 spiro atoms. The maximum Gasteiger partial charge on any atom is 0.181 e. The van der Waals surface area contributed by atoms with Gasteiger partial charge in [0.25, 0.3) is 0 Å². The van der Waals surface area contributed by atoms with Gasteiger partial charge in [0.15, 0.2) is 36.5 Å². The van der Waals surface area contributed by atoms with E-state index in [1.807, 2.05) is 72.8 Å². The molecule has 7 rings (SSSR count). The normalized spacial score (nSPS) is 11.1. The van der Waals surface area contributed by atoms with E-state index in [4.69, 9.17) is 27.5 Å². The van der Waals surface area contributed by atoms with Gasteiger partial charge in [-0.3, -0.25) is 0 Å². The molecule has 0 radical (unpaired) electrons. The fourth-order valence-corrected chi connectivity index (χ4v) is 5.80. The van der Waals surface area contributed by atoms with Crippen LogP contribution in [0.15, 0.2) is 124 Å². The zero-order chi connectivity index (χ0) is 32.9. The van der Waals surface area contributed by atoms with Crippen LogP contribution >= 0.6 is 0 Å². The summed E-state index contributed by atoms with van der Waals surface area (Å²) in [5.41, 5.74) is 9.24. The van der Waals surface area contributed by atoms with Crippen LogP contribution in [0.5, 0.6) is 17.2 Å². The Balaban J connectivity index is 1.18. The number of nitrogens with zero attached hydrogens (tertiary/aromatic N) is 3. The number of ether oxygens (including phenoxy) is 3. The van der Waals surface area contributed by atoms with Crippen molar-refractivity contribution in [3.63, 3.8) is 0 Å². The fourth-order valence-electron chi connectivity index (χ4n) is 5.80. The van der Waals surface area contributed by atoms with Crippen LogP contribution in [0.25, 0.3) is 34.0 Å². The van der Waals surface area contributed by atoms with Gasteiger partial charge in [0.1, 0.15) is 37.1 Å². The summed E-state index contributed by atoms with van der Waals surface area (Å²) in [5, 5.41) is 0. The largest absolute Gasteiger partial charge is 0.489 e. The highest BCUT2D eigenvalue weighted by Gasteiger charge is 2.19. The summed E-state index contributed by atoms with van der Waals surface area (Å²) in [6.07, 6.45) is 9.33. The van der Waals surface area contributed by atoms with Crippen molar-refractivity contribution >= 4 is 0 Å². The van der Waals surface area contributed by atoms with Gasteiger partial charge in [-0.05, 0) is 90.6 Å². The molecule has 0 N–H and O–H groups in total. The monoisotopic (exact) mass is 639 g/mol. The number of hydrogen-bond acceptors (Lipinski definition) is 9. The first-order valence-electron chi connectivity index (χ1n) is 15.5. The lowest BCUT2D eigenvalue weighted by Gasteiger charge is -2.23. The molecule has 9 nitrogen and oxygen atoms in total. The van der Waals surface area contributed by atoms with Gasteiger partial charge in [-0.25, -0.2) is 15.0 Å². The SMILES string of the molecule is Cc1c(COc2cccc(-c3cnco3)c2)c(C)c(COc2cccc(-c3cnco3)c2)c(C)c1COc1cccc(-c2cnco2)c1. The minimum absolute atomic E-state index is 0.361. The predicted molar refractivity (Wildman–Crippen MR) is 179 cm³/mol. The standard InChI is InChI=1S/C39H33N3O6/c1-25-34(19-43-31-10-4-7-28(13-31)37-16-40-22-46-37)26(2)36(21-45-33-12-6-9-30(15-33)39-18-42-24-48-39)27(3)35(25)20-44-32-11-5-8-29(14-32)38-17-41-23-47-38/h4-18,22-24H,19-21H2,1-3H3. The predicted octanol–water partition coefficient (Wildman–Crippen LogP) is 9.31. The van der Waals surface area contributed by atoms with Crippen LogP contribution in [0.2, 0.25) is 0 Å². The van der Waals surface area contributed by atoms with E-state index in [1.165, 1.54) is 19.2 Å². The van der Waals surface area contributed by atoms with Crippen LogP contribution in [0.1, 0.15) is 33.4 Å². The zero-order valence-electron chi connectivity index (χ0n) is 26.8. The molecule has 9 heteroatoms. The zero-order valence-corrected chi connectivity index (χ0v) is 26.8. The minimum atomic E-state index is 0.361. The van der Waals surface area contributed by atoms with E-state index in [2.05, 4.69) is 35.7 Å². The van der Waals surface area contributed by atoms with Crippen LogP contribution in [-0.4, -0.2) is 15.0 Å². The summed E-state index contributed by atoms with van der Waals surface area (Å²) in [4.78, 5) is 12.1. The van der Waals surface area contributed by atoms with Crippen LogP contribution in [0.4, 0.5) is 0 Å². The van der Waals surface area contributed by atoms with Crippen LogP contribution in [0.3, 0.4) is 0 Å². The number of oxazole rings is 3. The van der Waals surface area contributed by atoms with E-state index in [0.717, 1.165) is 67.3 Å². The molecule has 240 valence electrons. The second-order valence-electron chi connectivity index (χ2n) is 11.4. The van der Waals surface area contributed by atoms with Crippen molar-refractivity contribution in [2.24, 2.45) is 0 Å². The average molecular weight is 640 g/mol. The molecular formula is C39H33N3O6. The topological polar surface area (TPSA) is 106 Å². The van der Waals surface area contributed by atoms with Crippen LogP contribution < -0.4 is 14.2 Å². The summed E-state index contributed by atoms with van der Waals surface area (Å²) in [6.45, 7) is 7.45. The lowest BCUT2D eigenvalue weighted by atomic mass is 9.89. The third-order valence-electron chi connectivity index (χ3n) is 8.52. The van der Waals surface area contributed by atoms with Crippen molar-refractivity contribution in [2.45, 2.75) is 40.6 Å². The smallest absolute Gasteiger partial charge is 0.181 e. The van der Waals surface area contributed by atoms with Gasteiger partial charge < -0.3 is 27.5 Å². The molecule has 0 bridgehead atoms. The Morgan fingerprint density at radius 3 is 1.04 bits per heavy atom. The highest BCUT2D eigenvalue weighted by Crippen LogP contribution is 2.33. The molecule has 0 atom stereocenters. The Kier molecular flexibility index (Phi) is 8.74. The maximum absolute atomic E-state index is 6.41. The molecule has 7 aromatic rings. The van der Waals surface area contributed by atoms with Gasteiger partial charge in [0.2, 0.25) is 0 Å². The Hall–Kier alpha value is -6.09. The summed E-state index contributed by atoms with van der Waals surface area (Å²) in [6, 6.07) is 23.4. The Morgan fingerprint density at radius 1 is 0.458 bits per heavy atom. The summed E-state index contributed by atoms with van der Waals surface area (Å²) in [7, 11) is 0. The molecule has 0 aliphatic heterocycles. The van der Waals surface area contributed by atoms with E-state index in [9.17, 15) is 0 Å². The molecule has 0 aliphatic rings. The van der Waals surface area contributed by atoms with E-state index < -0.39 is 0 Å². The van der Waals surface area contributed by atoms with Gasteiger partial charge in [-0.2, -0.15) is 0 Å². The molecule has 0 fully saturated rings. The van der Waals surface area contributed by atoms with Crippen LogP contribution in [-0.2, 0) is 19.8 Å². The molecule has 3 heterocycles. The first kappa shape index (κ1) is 30.6. The second-order valence-corrected chi connectivity index (χ2v) is 11.4. The number of benzene rings is 4. The van der Waals surface area contributed by atoms with E-state index in [1.54, 1.807) is 18.6 Å². The van der Waals surface area contributed by atoms with Crippen molar-refractivity contribution in [3.05, 3.63) is 144 Å². The average Bonchev–Trinajstić information content (AvgIpc) is 3.93. The molecule has 0 amide bonds. The van der Waals surface area contributed by atoms with Crippen molar-refractivity contribution < 1.29 is 27.5 Å². The maximum atomic E-state index is 6.41. The van der Waals surface area contributed by atoms with Crippen molar-refractivity contribution in [1.82, 2.24) is 15.0 Å². The highest BCUT2D eigenvalue weighted by atomic mass is 16.5. The highest BCUT2D eigenvalue weighted by molar-refractivity contribution is 5.60. The van der Waals surface area contributed by atoms with Gasteiger partial charge in [0.05, 0.1) is 18.6 Å². The molecule has 4 aromatic carbocycles. The van der Waals surface area contributed by atoms with Crippen molar-refractivity contribution in [1.29, 1.82) is 0 Å². The van der Waals surface area contributed by atoms with Crippen LogP contribution in [0, 0.1) is 20.8 Å². The minimum Gasteiger partial charge on any atom is -0.489 e. The Bertz CT molecular complexity index is 1860. The third kappa shape index (κ3) is 6.57. The molecule has 0 saturated heterocycles. The Labute approximate surface area is 277 Å². The van der Waals surface area contributed by atoms with Gasteiger partial charge in [-0.15, -0.1) is 0 Å². The Morgan fingerprint density at radius 2 is 0.771 bits per heavy atom. The molecule has 0 unspecified atom stereocenters. The third-order valence-corrected chi connectivity index (χ3v) is 8.52. The van der Waals surface area contributed by atoms with E-state index in [0.29, 0.717) is 37.1 Å². The second kappa shape index (κ2) is 13.7. The number of aromatic nitrogens is 3. The summed E-state index contributed by atoms with van der Waals surface area (Å²) in [5.74, 6) is 4.23. The summed E-state index contributed by atoms with van der Waals surface area (Å²) < 4.78 is 35.7. The first-order chi connectivity index (χ1) is 23.5. The molecule has 48 heavy (non-hydrogen) atoms. The molecular weight excluding hydrogens is 606 g/mol. The molecule has 0 aliphatic carbocycles. The number of hydrogen-bond donors (Lipinski definition) is 0. The van der Waals surface area contributed by atoms with Gasteiger partial charge >= 0.3 is 0 Å². The summed E-state index contributed by atoms with van der Waals surface area (Å²) >= 11 is 0. The molecule has 0 saturated carbocycles. The quantitative estimate of drug-likeness (QED) is 0.129. The van der Waals surface area contributed by atoms with Gasteiger partial charge in [-0.1, -0.05) is 36.4 Å². The van der Waals surface area contributed by atoms with Crippen molar-refractivity contribution in [3.8, 4) is 51.2 Å². The molecule has 3 aromatic heterocycles. The first-order valence-corrected chi connectivity index (χ1v) is 15.5. The lowest BCUT2D eigenvalue weighted by Crippen LogP contribution is -2.13. The van der Waals surface area contributed by atoms with E-state index in [-0.39, 0.29) is 0 Å². The lowest BCUT2D eigenvalue weighted by molar-refractivity contribution is 0.290. The van der Waals surface area contributed by atoms with Gasteiger partial charge in [0, 0.05) is 16.7 Å². The van der Waals surface area contributed by atoms with E-state index >= 15 is 0 Å². The number of rotatable bonds is 12.